The fourth-order valence-corrected chi connectivity index (χ4v) is 3.01. The monoisotopic (exact) mass is 311 g/mol. The molecule has 0 saturated carbocycles. The van der Waals surface area contributed by atoms with Crippen molar-refractivity contribution in [3.05, 3.63) is 34.3 Å². The van der Waals surface area contributed by atoms with Crippen LogP contribution in [0.2, 0.25) is 0 Å². The lowest BCUT2D eigenvalue weighted by atomic mass is 9.91. The Bertz CT molecular complexity index is 390. The van der Waals surface area contributed by atoms with Crippen LogP contribution >= 0.6 is 15.9 Å². The molecule has 2 rings (SSSR count). The molecule has 1 N–H and O–H groups in total. The predicted octanol–water partition coefficient (Wildman–Crippen LogP) is 3.91. The van der Waals surface area contributed by atoms with Gasteiger partial charge in [0.15, 0.2) is 0 Å². The summed E-state index contributed by atoms with van der Waals surface area (Å²) in [6.07, 6.45) is 1.25. The van der Waals surface area contributed by atoms with E-state index in [9.17, 15) is 0 Å². The second kappa shape index (κ2) is 5.72. The topological polar surface area (TPSA) is 21.3 Å². The minimum Gasteiger partial charge on any atom is -0.365 e. The maximum absolute atomic E-state index is 6.33. The molecule has 1 saturated heterocycles. The van der Waals surface area contributed by atoms with Crippen LogP contribution < -0.4 is 5.32 Å². The van der Waals surface area contributed by atoms with E-state index in [4.69, 9.17) is 4.74 Å². The first kappa shape index (κ1) is 14.0. The third-order valence-electron chi connectivity index (χ3n) is 3.34. The third kappa shape index (κ3) is 3.56. The molecule has 18 heavy (non-hydrogen) atoms. The molecule has 0 radical (unpaired) electrons. The number of hydrogen-bond donors (Lipinski definition) is 1. The van der Waals surface area contributed by atoms with E-state index < -0.39 is 0 Å². The minimum atomic E-state index is -0.0514. The molecule has 1 aliphatic heterocycles. The molecule has 2 atom stereocenters. The van der Waals surface area contributed by atoms with E-state index in [1.54, 1.807) is 0 Å². The molecule has 1 aliphatic rings. The highest BCUT2D eigenvalue weighted by atomic mass is 79.9. The average Bonchev–Trinajstić information content (AvgIpc) is 2.28. The molecule has 100 valence electrons. The molecule has 0 spiro atoms. The molecule has 1 aromatic carbocycles. The molecule has 1 aromatic rings. The van der Waals surface area contributed by atoms with Crippen molar-refractivity contribution >= 4 is 15.9 Å². The summed E-state index contributed by atoms with van der Waals surface area (Å²) in [5.74, 6) is 0.653. The van der Waals surface area contributed by atoms with Gasteiger partial charge in [0.05, 0.1) is 11.7 Å². The Kier molecular flexibility index (Phi) is 4.46. The van der Waals surface area contributed by atoms with Crippen LogP contribution in [-0.2, 0) is 4.74 Å². The Morgan fingerprint density at radius 2 is 2.06 bits per heavy atom. The second-order valence-electron chi connectivity index (χ2n) is 5.84. The summed E-state index contributed by atoms with van der Waals surface area (Å²) in [5, 5.41) is 3.51. The van der Waals surface area contributed by atoms with Crippen LogP contribution in [0.4, 0.5) is 0 Å². The molecule has 0 amide bonds. The van der Waals surface area contributed by atoms with E-state index in [-0.39, 0.29) is 11.7 Å². The molecule has 0 aliphatic carbocycles. The van der Waals surface area contributed by atoms with Gasteiger partial charge in [0, 0.05) is 17.6 Å². The zero-order valence-electron chi connectivity index (χ0n) is 11.4. The van der Waals surface area contributed by atoms with Gasteiger partial charge >= 0.3 is 0 Å². The van der Waals surface area contributed by atoms with Crippen LogP contribution in [0.1, 0.15) is 38.9 Å². The van der Waals surface area contributed by atoms with Gasteiger partial charge in [0.1, 0.15) is 0 Å². The van der Waals surface area contributed by atoms with Crippen LogP contribution in [0.15, 0.2) is 28.7 Å². The fraction of sp³-hybridized carbons (Fsp3) is 0.600. The van der Waals surface area contributed by atoms with Crippen molar-refractivity contribution in [2.24, 2.45) is 5.92 Å². The maximum atomic E-state index is 6.33. The van der Waals surface area contributed by atoms with Crippen LogP contribution in [0.25, 0.3) is 0 Å². The fourth-order valence-electron chi connectivity index (χ4n) is 2.74. The van der Waals surface area contributed by atoms with Crippen molar-refractivity contribution in [1.29, 1.82) is 0 Å². The Morgan fingerprint density at radius 3 is 2.67 bits per heavy atom. The number of halogens is 1. The van der Waals surface area contributed by atoms with Gasteiger partial charge in [-0.2, -0.15) is 0 Å². The van der Waals surface area contributed by atoms with Gasteiger partial charge in [-0.25, -0.2) is 0 Å². The quantitative estimate of drug-likeness (QED) is 0.913. The van der Waals surface area contributed by atoms with E-state index in [0.29, 0.717) is 5.92 Å². The van der Waals surface area contributed by atoms with Crippen molar-refractivity contribution in [1.82, 2.24) is 5.32 Å². The second-order valence-corrected chi connectivity index (χ2v) is 6.75. The van der Waals surface area contributed by atoms with Gasteiger partial charge in [0.25, 0.3) is 0 Å². The van der Waals surface area contributed by atoms with Gasteiger partial charge in [-0.1, -0.05) is 41.9 Å². The van der Waals surface area contributed by atoms with Crippen molar-refractivity contribution in [2.45, 2.75) is 38.9 Å². The molecule has 2 unspecified atom stereocenters. The first-order chi connectivity index (χ1) is 8.48. The molecular formula is C15H22BrNO. The first-order valence-electron chi connectivity index (χ1n) is 6.62. The summed E-state index contributed by atoms with van der Waals surface area (Å²) in [4.78, 5) is 0. The van der Waals surface area contributed by atoms with Gasteiger partial charge in [-0.15, -0.1) is 0 Å². The Balaban J connectivity index is 2.08. The van der Waals surface area contributed by atoms with Crippen LogP contribution in [0, 0.1) is 5.92 Å². The van der Waals surface area contributed by atoms with E-state index in [2.05, 4.69) is 66.3 Å². The van der Waals surface area contributed by atoms with E-state index in [0.717, 1.165) is 24.0 Å². The normalized spacial score (nSPS) is 28.6. The van der Waals surface area contributed by atoms with Crippen molar-refractivity contribution in [3.63, 3.8) is 0 Å². The predicted molar refractivity (Wildman–Crippen MR) is 78.7 cm³/mol. The zero-order chi connectivity index (χ0) is 13.2. The summed E-state index contributed by atoms with van der Waals surface area (Å²) in [6, 6.07) is 8.43. The third-order valence-corrected chi connectivity index (χ3v) is 3.87. The summed E-state index contributed by atoms with van der Waals surface area (Å²) in [7, 11) is 0. The molecular weight excluding hydrogens is 290 g/mol. The van der Waals surface area contributed by atoms with E-state index in [1.807, 2.05) is 0 Å². The number of benzene rings is 1. The molecule has 0 bridgehead atoms. The largest absolute Gasteiger partial charge is 0.365 e. The number of rotatable bonds is 3. The lowest BCUT2D eigenvalue weighted by Gasteiger charge is -2.40. The van der Waals surface area contributed by atoms with Gasteiger partial charge < -0.3 is 10.1 Å². The van der Waals surface area contributed by atoms with Crippen molar-refractivity contribution < 1.29 is 4.74 Å². The highest BCUT2D eigenvalue weighted by Gasteiger charge is 2.33. The zero-order valence-corrected chi connectivity index (χ0v) is 13.0. The lowest BCUT2D eigenvalue weighted by Crippen LogP contribution is -2.49. The summed E-state index contributed by atoms with van der Waals surface area (Å²) in [5.41, 5.74) is 1.20. The summed E-state index contributed by atoms with van der Waals surface area (Å²) < 4.78 is 7.44. The van der Waals surface area contributed by atoms with Gasteiger partial charge in [-0.3, -0.25) is 0 Å². The van der Waals surface area contributed by atoms with Crippen molar-refractivity contribution in [2.75, 3.05) is 13.1 Å². The highest BCUT2D eigenvalue weighted by Crippen LogP contribution is 2.31. The van der Waals surface area contributed by atoms with Crippen LogP contribution in [0.3, 0.4) is 0 Å². The van der Waals surface area contributed by atoms with Gasteiger partial charge in [0.2, 0.25) is 0 Å². The lowest BCUT2D eigenvalue weighted by molar-refractivity contribution is -0.117. The highest BCUT2D eigenvalue weighted by molar-refractivity contribution is 9.10. The molecule has 1 fully saturated rings. The van der Waals surface area contributed by atoms with Crippen LogP contribution in [0.5, 0.6) is 0 Å². The number of nitrogens with one attached hydrogen (secondary N) is 1. The Hall–Kier alpha value is -0.380. The summed E-state index contributed by atoms with van der Waals surface area (Å²) in [6.45, 7) is 8.55. The Morgan fingerprint density at radius 1 is 1.39 bits per heavy atom. The smallest absolute Gasteiger partial charge is 0.0957 e. The SMILES string of the molecule is CC(C)CC1(C)CNCC(c2ccc(Br)cc2)O1. The van der Waals surface area contributed by atoms with E-state index in [1.165, 1.54) is 5.56 Å². The summed E-state index contributed by atoms with van der Waals surface area (Å²) >= 11 is 3.47. The Labute approximate surface area is 118 Å². The molecule has 0 aromatic heterocycles. The van der Waals surface area contributed by atoms with Crippen molar-refractivity contribution in [3.8, 4) is 0 Å². The number of morpholine rings is 1. The standard InChI is InChI=1S/C15H22BrNO/c1-11(2)8-15(3)10-17-9-14(18-15)12-4-6-13(16)7-5-12/h4-7,11,14,17H,8-10H2,1-3H3. The van der Waals surface area contributed by atoms with Crippen LogP contribution in [-0.4, -0.2) is 18.7 Å². The average molecular weight is 312 g/mol. The minimum absolute atomic E-state index is 0.0514. The number of ether oxygens (including phenoxy) is 1. The maximum Gasteiger partial charge on any atom is 0.0957 e. The molecule has 3 heteroatoms. The molecule has 1 heterocycles. The van der Waals surface area contributed by atoms with E-state index >= 15 is 0 Å². The molecule has 2 nitrogen and oxygen atoms in total. The van der Waals surface area contributed by atoms with Gasteiger partial charge in [-0.05, 0) is 37.0 Å². The first-order valence-corrected chi connectivity index (χ1v) is 7.42. The number of hydrogen-bond acceptors (Lipinski definition) is 2.